The number of carbonyl (C=O) groups is 1. The maximum absolute atomic E-state index is 13.8. The molecule has 0 unspecified atom stereocenters. The van der Waals surface area contributed by atoms with Crippen LogP contribution in [0.3, 0.4) is 0 Å². The van der Waals surface area contributed by atoms with E-state index < -0.39 is 17.5 Å². The molecule has 0 spiro atoms. The average molecular weight is 404 g/mol. The zero-order chi connectivity index (χ0) is 21.0. The summed E-state index contributed by atoms with van der Waals surface area (Å²) in [6.07, 6.45) is 0.436. The van der Waals surface area contributed by atoms with Crippen molar-refractivity contribution in [3.8, 4) is 11.3 Å². The minimum absolute atomic E-state index is 0.201. The quantitative estimate of drug-likeness (QED) is 0.609. The second kappa shape index (κ2) is 6.75. The van der Waals surface area contributed by atoms with Gasteiger partial charge in [-0.05, 0) is 39.3 Å². The molecule has 1 amide bonds. The Hall–Kier alpha value is -3.10. The summed E-state index contributed by atoms with van der Waals surface area (Å²) in [6, 6.07) is 1.54. The van der Waals surface area contributed by atoms with Gasteiger partial charge in [-0.1, -0.05) is 5.16 Å². The summed E-state index contributed by atoms with van der Waals surface area (Å²) in [5, 5.41) is 8.35. The number of aromatic nitrogens is 3. The van der Waals surface area contributed by atoms with Gasteiger partial charge in [0.25, 0.3) is 5.91 Å². The summed E-state index contributed by atoms with van der Waals surface area (Å²) in [5.74, 6) is -3.70. The van der Waals surface area contributed by atoms with E-state index in [0.29, 0.717) is 35.7 Å². The Kier molecular flexibility index (Phi) is 4.48. The number of aryl methyl sites for hydroxylation is 2. The minimum atomic E-state index is -1.51. The van der Waals surface area contributed by atoms with Crippen LogP contribution in [0.2, 0.25) is 0 Å². The van der Waals surface area contributed by atoms with Crippen molar-refractivity contribution in [2.75, 3.05) is 6.54 Å². The Bertz CT molecular complexity index is 1110. The first-order chi connectivity index (χ1) is 13.7. The van der Waals surface area contributed by atoms with Crippen LogP contribution >= 0.6 is 0 Å². The molecule has 3 aromatic rings. The van der Waals surface area contributed by atoms with Crippen molar-refractivity contribution >= 4 is 5.91 Å². The number of nitrogens with zero attached hydrogens (tertiary/aromatic N) is 4. The van der Waals surface area contributed by atoms with Crippen LogP contribution in [0.25, 0.3) is 11.3 Å². The van der Waals surface area contributed by atoms with Crippen LogP contribution in [0.1, 0.15) is 46.0 Å². The fourth-order valence-corrected chi connectivity index (χ4v) is 3.83. The van der Waals surface area contributed by atoms with Gasteiger partial charge in [0.2, 0.25) is 0 Å². The summed E-state index contributed by atoms with van der Waals surface area (Å²) < 4.78 is 47.5. The Morgan fingerprint density at radius 2 is 1.86 bits per heavy atom. The maximum atomic E-state index is 13.8. The minimum Gasteiger partial charge on any atom is -0.361 e. The number of rotatable bonds is 2. The van der Waals surface area contributed by atoms with Gasteiger partial charge in [-0.15, -0.1) is 0 Å². The molecule has 0 saturated heterocycles. The van der Waals surface area contributed by atoms with Gasteiger partial charge in [0.15, 0.2) is 23.1 Å². The van der Waals surface area contributed by atoms with Crippen molar-refractivity contribution in [2.24, 2.45) is 7.05 Å². The second-order valence-electron chi connectivity index (χ2n) is 7.23. The molecule has 3 heterocycles. The molecular formula is C20H19F3N4O2. The van der Waals surface area contributed by atoms with E-state index in [1.165, 1.54) is 4.68 Å². The van der Waals surface area contributed by atoms with Crippen molar-refractivity contribution in [3.63, 3.8) is 0 Å². The van der Waals surface area contributed by atoms with Crippen LogP contribution in [-0.4, -0.2) is 32.3 Å². The highest BCUT2D eigenvalue weighted by molar-refractivity contribution is 5.94. The van der Waals surface area contributed by atoms with Gasteiger partial charge in [-0.2, -0.15) is 5.10 Å². The summed E-state index contributed by atoms with van der Waals surface area (Å²) in [4.78, 5) is 14.6. The number of hydrogen-bond donors (Lipinski definition) is 0. The fourth-order valence-electron chi connectivity index (χ4n) is 3.83. The van der Waals surface area contributed by atoms with Crippen molar-refractivity contribution in [1.82, 2.24) is 19.8 Å². The third-order valence-corrected chi connectivity index (χ3v) is 5.52. The smallest absolute Gasteiger partial charge is 0.276 e. The number of halogens is 3. The zero-order valence-corrected chi connectivity index (χ0v) is 16.4. The number of fused-ring (bicyclic) bond motifs is 1. The largest absolute Gasteiger partial charge is 0.361 e. The molecule has 4 rings (SSSR count). The lowest BCUT2D eigenvalue weighted by Gasteiger charge is -2.32. The first-order valence-corrected chi connectivity index (χ1v) is 9.15. The van der Waals surface area contributed by atoms with E-state index in [4.69, 9.17) is 4.52 Å². The highest BCUT2D eigenvalue weighted by atomic mass is 19.2. The molecule has 0 N–H and O–H groups in total. The molecular weight excluding hydrogens is 385 g/mol. The molecule has 0 aliphatic carbocycles. The highest BCUT2D eigenvalue weighted by Gasteiger charge is 2.35. The van der Waals surface area contributed by atoms with Gasteiger partial charge in [0.1, 0.15) is 5.76 Å². The molecule has 2 aromatic heterocycles. The molecule has 1 aromatic carbocycles. The van der Waals surface area contributed by atoms with Crippen LogP contribution in [0.4, 0.5) is 13.2 Å². The van der Waals surface area contributed by atoms with Crippen molar-refractivity contribution in [1.29, 1.82) is 0 Å². The summed E-state index contributed by atoms with van der Waals surface area (Å²) >= 11 is 0. The predicted molar refractivity (Wildman–Crippen MR) is 97.7 cm³/mol. The SMILES string of the molecule is Cc1onc(C(=O)N2CCc3c(nn(C)c3-c3cc(F)c(F)c(F)c3)[C@@H]2C)c1C. The van der Waals surface area contributed by atoms with Crippen LogP contribution in [0.5, 0.6) is 0 Å². The lowest BCUT2D eigenvalue weighted by atomic mass is 9.95. The lowest BCUT2D eigenvalue weighted by molar-refractivity contribution is 0.0662. The molecule has 6 nitrogen and oxygen atoms in total. The maximum Gasteiger partial charge on any atom is 0.276 e. The molecule has 29 heavy (non-hydrogen) atoms. The van der Waals surface area contributed by atoms with Gasteiger partial charge in [-0.3, -0.25) is 9.48 Å². The second-order valence-corrected chi connectivity index (χ2v) is 7.23. The lowest BCUT2D eigenvalue weighted by Crippen LogP contribution is -2.39. The summed E-state index contributed by atoms with van der Waals surface area (Å²) in [6.45, 7) is 5.72. The first kappa shape index (κ1) is 19.2. The topological polar surface area (TPSA) is 64.2 Å². The van der Waals surface area contributed by atoms with Crippen LogP contribution in [-0.2, 0) is 13.5 Å². The Morgan fingerprint density at radius 1 is 1.21 bits per heavy atom. The zero-order valence-electron chi connectivity index (χ0n) is 16.4. The number of amides is 1. The molecule has 152 valence electrons. The monoisotopic (exact) mass is 404 g/mol. The van der Waals surface area contributed by atoms with Crippen LogP contribution in [0.15, 0.2) is 16.7 Å². The van der Waals surface area contributed by atoms with E-state index in [9.17, 15) is 18.0 Å². The normalized spacial score (nSPS) is 16.2. The molecule has 0 radical (unpaired) electrons. The highest BCUT2D eigenvalue weighted by Crippen LogP contribution is 2.37. The molecule has 0 saturated carbocycles. The molecule has 0 bridgehead atoms. The fraction of sp³-hybridized carbons (Fsp3) is 0.350. The molecule has 0 fully saturated rings. The first-order valence-electron chi connectivity index (χ1n) is 9.15. The van der Waals surface area contributed by atoms with Crippen molar-refractivity contribution in [2.45, 2.75) is 33.2 Å². The van der Waals surface area contributed by atoms with E-state index in [0.717, 1.165) is 17.7 Å². The van der Waals surface area contributed by atoms with E-state index in [1.807, 2.05) is 6.92 Å². The van der Waals surface area contributed by atoms with Crippen molar-refractivity contribution < 1.29 is 22.5 Å². The molecule has 9 heteroatoms. The van der Waals surface area contributed by atoms with Gasteiger partial charge in [0.05, 0.1) is 17.4 Å². The summed E-state index contributed by atoms with van der Waals surface area (Å²) in [7, 11) is 1.65. The van der Waals surface area contributed by atoms with Gasteiger partial charge in [-0.25, -0.2) is 13.2 Å². The van der Waals surface area contributed by atoms with E-state index in [-0.39, 0.29) is 23.2 Å². The van der Waals surface area contributed by atoms with E-state index >= 15 is 0 Å². The van der Waals surface area contributed by atoms with E-state index in [1.54, 1.807) is 25.8 Å². The van der Waals surface area contributed by atoms with Crippen molar-refractivity contribution in [3.05, 3.63) is 57.9 Å². The summed E-state index contributed by atoms with van der Waals surface area (Å²) in [5.41, 5.74) is 3.06. The Morgan fingerprint density at radius 3 is 2.45 bits per heavy atom. The Balaban J connectivity index is 1.73. The number of carbonyl (C=O) groups excluding carboxylic acids is 1. The standard InChI is InChI=1S/C20H19F3N4O2/c1-9-11(3)29-25-17(9)20(28)27-6-5-13-18(10(27)2)24-26(4)19(13)12-7-14(21)16(23)15(22)8-12/h7-8,10H,5-6H2,1-4H3/t10-/m0/s1. The van der Waals surface area contributed by atoms with Gasteiger partial charge >= 0.3 is 0 Å². The number of benzene rings is 1. The van der Waals surface area contributed by atoms with Crippen LogP contribution < -0.4 is 0 Å². The van der Waals surface area contributed by atoms with E-state index in [2.05, 4.69) is 10.3 Å². The van der Waals surface area contributed by atoms with Gasteiger partial charge in [0, 0.05) is 30.3 Å². The number of hydrogen-bond acceptors (Lipinski definition) is 4. The third-order valence-electron chi connectivity index (χ3n) is 5.52. The molecule has 1 aliphatic heterocycles. The van der Waals surface area contributed by atoms with Gasteiger partial charge < -0.3 is 9.42 Å². The average Bonchev–Trinajstić information content (AvgIpc) is 3.19. The van der Waals surface area contributed by atoms with Crippen LogP contribution in [0, 0.1) is 31.3 Å². The molecule has 1 aliphatic rings. The third kappa shape index (κ3) is 2.92. The predicted octanol–water partition coefficient (Wildman–Crippen LogP) is 3.87. The Labute approximate surface area is 164 Å². The molecule has 1 atom stereocenters.